The van der Waals surface area contributed by atoms with Gasteiger partial charge in [-0.15, -0.1) is 0 Å². The molecule has 9 heteroatoms. The average Bonchev–Trinajstić information content (AvgIpc) is 2.82. The third-order valence-electron chi connectivity index (χ3n) is 4.60. The molecule has 0 saturated carbocycles. The third kappa shape index (κ3) is 4.67. The molecule has 0 unspecified atom stereocenters. The summed E-state index contributed by atoms with van der Waals surface area (Å²) in [5, 5.41) is 2.81. The highest BCUT2D eigenvalue weighted by molar-refractivity contribution is 6.10. The molecule has 31 heavy (non-hydrogen) atoms. The van der Waals surface area contributed by atoms with Crippen molar-refractivity contribution in [2.75, 3.05) is 44.9 Å². The molecule has 0 bridgehead atoms. The van der Waals surface area contributed by atoms with Crippen molar-refractivity contribution < 1.29 is 33.3 Å². The van der Waals surface area contributed by atoms with Crippen LogP contribution < -0.4 is 15.0 Å². The van der Waals surface area contributed by atoms with Crippen molar-refractivity contribution >= 4 is 29.2 Å². The van der Waals surface area contributed by atoms with Gasteiger partial charge in [0.15, 0.2) is 0 Å². The Morgan fingerprint density at radius 3 is 2.42 bits per heavy atom. The monoisotopic (exact) mass is 426 g/mol. The SMILES string of the molecule is COC(=O)C1=C(C(=O)OC)N(c2ccccc2C(=O)Nc2cccc(OC)c2)COC1. The van der Waals surface area contributed by atoms with Gasteiger partial charge in [0.2, 0.25) is 0 Å². The largest absolute Gasteiger partial charge is 0.497 e. The van der Waals surface area contributed by atoms with E-state index in [1.165, 1.54) is 26.2 Å². The van der Waals surface area contributed by atoms with Crippen molar-refractivity contribution in [3.8, 4) is 5.75 Å². The quantitative estimate of drug-likeness (QED) is 0.702. The Hall–Kier alpha value is -3.85. The van der Waals surface area contributed by atoms with Gasteiger partial charge in [0, 0.05) is 11.8 Å². The first-order valence-electron chi connectivity index (χ1n) is 9.29. The molecule has 0 saturated heterocycles. The molecule has 162 valence electrons. The maximum Gasteiger partial charge on any atom is 0.355 e. The van der Waals surface area contributed by atoms with E-state index in [0.717, 1.165) is 0 Å². The summed E-state index contributed by atoms with van der Waals surface area (Å²) in [7, 11) is 3.95. The van der Waals surface area contributed by atoms with Gasteiger partial charge < -0.3 is 29.2 Å². The Kier molecular flexibility index (Phi) is 6.88. The van der Waals surface area contributed by atoms with Crippen LogP contribution in [0.25, 0.3) is 0 Å². The maximum absolute atomic E-state index is 13.1. The number of amides is 1. The lowest BCUT2D eigenvalue weighted by atomic mass is 10.1. The number of para-hydroxylation sites is 1. The van der Waals surface area contributed by atoms with Crippen molar-refractivity contribution in [1.82, 2.24) is 0 Å². The number of rotatable bonds is 6. The van der Waals surface area contributed by atoms with Crippen molar-refractivity contribution in [3.05, 3.63) is 65.4 Å². The van der Waals surface area contributed by atoms with Crippen molar-refractivity contribution in [2.24, 2.45) is 0 Å². The van der Waals surface area contributed by atoms with Gasteiger partial charge in [-0.25, -0.2) is 9.59 Å². The lowest BCUT2D eigenvalue weighted by Crippen LogP contribution is -2.39. The number of ether oxygens (including phenoxy) is 4. The summed E-state index contributed by atoms with van der Waals surface area (Å²) in [6.07, 6.45) is 0. The first kappa shape index (κ1) is 21.8. The van der Waals surface area contributed by atoms with Crippen LogP contribution in [0.1, 0.15) is 10.4 Å². The Morgan fingerprint density at radius 1 is 0.968 bits per heavy atom. The van der Waals surface area contributed by atoms with Crippen LogP contribution >= 0.6 is 0 Å². The second kappa shape index (κ2) is 9.77. The summed E-state index contributed by atoms with van der Waals surface area (Å²) < 4.78 is 20.3. The predicted molar refractivity (Wildman–Crippen MR) is 112 cm³/mol. The van der Waals surface area contributed by atoms with E-state index >= 15 is 0 Å². The molecule has 1 N–H and O–H groups in total. The molecule has 2 aromatic carbocycles. The minimum Gasteiger partial charge on any atom is -0.497 e. The lowest BCUT2D eigenvalue weighted by molar-refractivity contribution is -0.140. The van der Waals surface area contributed by atoms with Crippen LogP contribution in [0.3, 0.4) is 0 Å². The molecule has 0 aromatic heterocycles. The highest BCUT2D eigenvalue weighted by Gasteiger charge is 2.34. The summed E-state index contributed by atoms with van der Waals surface area (Å²) in [4.78, 5) is 39.2. The molecule has 1 aliphatic heterocycles. The Bertz CT molecular complexity index is 1030. The predicted octanol–water partition coefficient (Wildman–Crippen LogP) is 2.34. The fourth-order valence-electron chi connectivity index (χ4n) is 3.13. The Balaban J connectivity index is 2.02. The molecular formula is C22H22N2O7. The van der Waals surface area contributed by atoms with Gasteiger partial charge in [-0.3, -0.25) is 4.79 Å². The second-order valence-electron chi connectivity index (χ2n) is 6.42. The van der Waals surface area contributed by atoms with Crippen LogP contribution in [-0.2, 0) is 23.8 Å². The number of hydrogen-bond acceptors (Lipinski definition) is 8. The number of methoxy groups -OCH3 is 3. The van der Waals surface area contributed by atoms with Gasteiger partial charge in [-0.05, 0) is 24.3 Å². The molecule has 0 spiro atoms. The normalized spacial score (nSPS) is 13.5. The topological polar surface area (TPSA) is 103 Å². The fourth-order valence-corrected chi connectivity index (χ4v) is 3.13. The third-order valence-corrected chi connectivity index (χ3v) is 4.60. The Labute approximate surface area is 179 Å². The van der Waals surface area contributed by atoms with Crippen LogP contribution in [0.2, 0.25) is 0 Å². The van der Waals surface area contributed by atoms with E-state index in [1.807, 2.05) is 0 Å². The molecule has 1 heterocycles. The van der Waals surface area contributed by atoms with E-state index < -0.39 is 17.8 Å². The molecule has 9 nitrogen and oxygen atoms in total. The Morgan fingerprint density at radius 2 is 1.71 bits per heavy atom. The van der Waals surface area contributed by atoms with Crippen molar-refractivity contribution in [3.63, 3.8) is 0 Å². The molecule has 1 amide bonds. The molecular weight excluding hydrogens is 404 g/mol. The van der Waals surface area contributed by atoms with Crippen LogP contribution in [0.15, 0.2) is 59.8 Å². The molecule has 3 rings (SSSR count). The molecule has 0 atom stereocenters. The van der Waals surface area contributed by atoms with E-state index in [0.29, 0.717) is 17.1 Å². The summed E-state index contributed by atoms with van der Waals surface area (Å²) >= 11 is 0. The number of anilines is 2. The van der Waals surface area contributed by atoms with Crippen LogP contribution in [0.5, 0.6) is 5.75 Å². The van der Waals surface area contributed by atoms with Crippen LogP contribution in [0, 0.1) is 0 Å². The number of benzene rings is 2. The van der Waals surface area contributed by atoms with Gasteiger partial charge in [0.05, 0.1) is 44.8 Å². The highest BCUT2D eigenvalue weighted by Crippen LogP contribution is 2.30. The first-order valence-corrected chi connectivity index (χ1v) is 9.29. The second-order valence-corrected chi connectivity index (χ2v) is 6.42. The highest BCUT2D eigenvalue weighted by atomic mass is 16.5. The standard InChI is InChI=1S/C22H22N2O7/c1-28-15-8-6-7-14(11-15)23-20(25)16-9-4-5-10-18(16)24-13-31-12-17(21(26)29-2)19(24)22(27)30-3/h4-11H,12-13H2,1-3H3,(H,23,25). The molecule has 0 aliphatic carbocycles. The van der Waals surface area contributed by atoms with Gasteiger partial charge in [-0.1, -0.05) is 18.2 Å². The molecule has 1 aliphatic rings. The molecule has 0 radical (unpaired) electrons. The minimum atomic E-state index is -0.744. The van der Waals surface area contributed by atoms with Crippen molar-refractivity contribution in [2.45, 2.75) is 0 Å². The van der Waals surface area contributed by atoms with Crippen molar-refractivity contribution in [1.29, 1.82) is 0 Å². The summed E-state index contributed by atoms with van der Waals surface area (Å²) in [5.41, 5.74) is 1.13. The summed E-state index contributed by atoms with van der Waals surface area (Å²) in [5.74, 6) is -1.29. The molecule has 2 aromatic rings. The number of nitrogens with zero attached hydrogens (tertiary/aromatic N) is 1. The first-order chi connectivity index (χ1) is 15.0. The van der Waals surface area contributed by atoms with Crippen LogP contribution in [0.4, 0.5) is 11.4 Å². The zero-order chi connectivity index (χ0) is 22.4. The zero-order valence-corrected chi connectivity index (χ0v) is 17.3. The smallest absolute Gasteiger partial charge is 0.355 e. The average molecular weight is 426 g/mol. The van der Waals surface area contributed by atoms with E-state index in [-0.39, 0.29) is 30.2 Å². The number of carbonyl (C=O) groups is 3. The molecule has 0 fully saturated rings. The minimum absolute atomic E-state index is 0.00334. The fraction of sp³-hybridized carbons (Fsp3) is 0.227. The number of esters is 2. The van der Waals surface area contributed by atoms with Crippen LogP contribution in [-0.4, -0.2) is 52.5 Å². The number of hydrogen-bond donors (Lipinski definition) is 1. The number of carbonyl (C=O) groups excluding carboxylic acids is 3. The van der Waals surface area contributed by atoms with E-state index in [9.17, 15) is 14.4 Å². The lowest BCUT2D eigenvalue weighted by Gasteiger charge is -2.32. The summed E-state index contributed by atoms with van der Waals surface area (Å²) in [6.45, 7) is -0.180. The van der Waals surface area contributed by atoms with Gasteiger partial charge in [-0.2, -0.15) is 0 Å². The number of nitrogens with one attached hydrogen (secondary N) is 1. The maximum atomic E-state index is 13.1. The van der Waals surface area contributed by atoms with Gasteiger partial charge >= 0.3 is 11.9 Å². The van der Waals surface area contributed by atoms with E-state index in [4.69, 9.17) is 18.9 Å². The van der Waals surface area contributed by atoms with E-state index in [1.54, 1.807) is 48.5 Å². The zero-order valence-electron chi connectivity index (χ0n) is 17.3. The van der Waals surface area contributed by atoms with E-state index in [2.05, 4.69) is 5.32 Å². The van der Waals surface area contributed by atoms with Gasteiger partial charge in [0.25, 0.3) is 5.91 Å². The summed E-state index contributed by atoms with van der Waals surface area (Å²) in [6, 6.07) is 13.6. The van der Waals surface area contributed by atoms with Gasteiger partial charge in [0.1, 0.15) is 18.2 Å².